The first kappa shape index (κ1) is 46.8. The van der Waals surface area contributed by atoms with Gasteiger partial charge in [-0.25, -0.2) is 0 Å². The molecule has 2 rings (SSSR count). The Balaban J connectivity index is 0.000000879. The van der Waals surface area contributed by atoms with Gasteiger partial charge in [-0.2, -0.15) is 0 Å². The summed E-state index contributed by atoms with van der Waals surface area (Å²) < 4.78 is 10.00. The lowest BCUT2D eigenvalue weighted by atomic mass is 10.1. The maximum atomic E-state index is 11.9. The highest BCUT2D eigenvalue weighted by molar-refractivity contribution is 6.10. The fourth-order valence-electron chi connectivity index (χ4n) is 3.43. The number of carboxylic acid groups (broad SMARTS) is 1. The van der Waals surface area contributed by atoms with Gasteiger partial charge in [0.25, 0.3) is 15.3 Å². The highest BCUT2D eigenvalue weighted by Crippen LogP contribution is 2.27. The summed E-state index contributed by atoms with van der Waals surface area (Å²) in [7, 11) is 2.87. The number of phenolic OH excluding ortho intramolecular Hbond substituents is 2. The summed E-state index contributed by atoms with van der Waals surface area (Å²) in [6.45, 7) is -1.27. The number of hydrogen-bond donors (Lipinski definition) is 6. The number of aliphatic imine (C=N–C) groups is 1. The molecule has 2 aromatic rings. The highest BCUT2D eigenvalue weighted by Gasteiger charge is 2.17. The molecule has 2 aromatic carbocycles. The average molecular weight is 770 g/mol. The Bertz CT molecular complexity index is 1570. The zero-order valence-electron chi connectivity index (χ0n) is 28.7. The van der Waals surface area contributed by atoms with Gasteiger partial charge >= 0.3 is 5.97 Å². The van der Waals surface area contributed by atoms with E-state index in [-0.39, 0.29) is 35.4 Å². The van der Waals surface area contributed by atoms with Crippen LogP contribution in [0.1, 0.15) is 30.4 Å². The van der Waals surface area contributed by atoms with Crippen LogP contribution >= 0.6 is 0 Å². The van der Waals surface area contributed by atoms with Crippen LogP contribution in [0.3, 0.4) is 0 Å². The number of carbonyl (C=O) groups excluding carboxylic acids is 2. The largest absolute Gasteiger partial charge is 0.504 e. The van der Waals surface area contributed by atoms with Gasteiger partial charge in [0, 0.05) is 6.54 Å². The van der Waals surface area contributed by atoms with Gasteiger partial charge in [-0.15, -0.1) is 30.3 Å². The number of nitrogens with zero attached hydrogens (tertiary/aromatic N) is 4. The molecule has 0 spiro atoms. The molecule has 0 heterocycles. The molecule has 0 bridgehead atoms. The maximum Gasteiger partial charge on any atom is 0.320 e. The van der Waals surface area contributed by atoms with E-state index in [9.17, 15) is 54.9 Å². The van der Waals surface area contributed by atoms with Crippen molar-refractivity contribution in [3.8, 4) is 23.0 Å². The summed E-state index contributed by atoms with van der Waals surface area (Å²) >= 11 is 0. The zero-order valence-corrected chi connectivity index (χ0v) is 28.7. The molecular formula is C30H39N7O17. The summed E-state index contributed by atoms with van der Waals surface area (Å²) in [5.41, 5.74) is 16.6. The van der Waals surface area contributed by atoms with E-state index in [1.165, 1.54) is 38.5 Å². The molecule has 24 nitrogen and oxygen atoms in total. The van der Waals surface area contributed by atoms with Crippen LogP contribution in [0.5, 0.6) is 23.0 Å². The zero-order chi connectivity index (χ0) is 41.2. The highest BCUT2D eigenvalue weighted by atomic mass is 17.0. The molecule has 54 heavy (non-hydrogen) atoms. The van der Waals surface area contributed by atoms with Gasteiger partial charge < -0.3 is 56.5 Å². The molecule has 0 aliphatic carbocycles. The number of hydrogen-bond acceptors (Lipinski definition) is 18. The van der Waals surface area contributed by atoms with Crippen molar-refractivity contribution in [2.75, 3.05) is 34.0 Å². The van der Waals surface area contributed by atoms with E-state index in [1.54, 1.807) is 36.4 Å². The molecule has 9 N–H and O–H groups in total. The van der Waals surface area contributed by atoms with Gasteiger partial charge in [-0.3, -0.25) is 19.4 Å². The van der Waals surface area contributed by atoms with Crippen molar-refractivity contribution >= 4 is 35.6 Å². The van der Waals surface area contributed by atoms with Crippen LogP contribution in [0.2, 0.25) is 0 Å². The number of rotatable bonds is 21. The molecule has 0 saturated carbocycles. The number of aliphatic carboxylic acids is 1. The fraction of sp³-hybridized carbons (Fsp3) is 0.333. The van der Waals surface area contributed by atoms with Crippen molar-refractivity contribution in [3.63, 3.8) is 0 Å². The van der Waals surface area contributed by atoms with Gasteiger partial charge in [-0.05, 0) is 60.4 Å². The van der Waals surface area contributed by atoms with Crippen molar-refractivity contribution in [2.45, 2.75) is 31.4 Å². The number of benzene rings is 2. The van der Waals surface area contributed by atoms with Crippen LogP contribution in [-0.2, 0) is 28.9 Å². The molecule has 0 fully saturated rings. The molecule has 0 aliphatic rings. The van der Waals surface area contributed by atoms with E-state index in [2.05, 4.69) is 19.5 Å². The first-order valence-corrected chi connectivity index (χ1v) is 14.9. The van der Waals surface area contributed by atoms with Crippen molar-refractivity contribution < 1.29 is 68.9 Å². The van der Waals surface area contributed by atoms with Crippen molar-refractivity contribution in [1.29, 1.82) is 0 Å². The van der Waals surface area contributed by atoms with Crippen LogP contribution in [0.4, 0.5) is 0 Å². The Labute approximate surface area is 305 Å². The maximum absolute atomic E-state index is 11.9. The molecular weight excluding hydrogens is 730 g/mol. The predicted molar refractivity (Wildman–Crippen MR) is 185 cm³/mol. The van der Waals surface area contributed by atoms with Gasteiger partial charge in [0.1, 0.15) is 19.3 Å². The summed E-state index contributed by atoms with van der Waals surface area (Å²) in [4.78, 5) is 78.3. The SMILES string of the molecule is COc1cc(C=CC(=O)CC(=O)C=Cc2ccc(O)c(OC)c2)ccc1O.NC(N)=NCCC[C@H](N)C(=O)O.O=[N+]([O-])OCC(CO[N+](=O)[O-])O[N+](=O)[O-]. The number of phenols is 2. The Morgan fingerprint density at radius 2 is 1.26 bits per heavy atom. The van der Waals surface area contributed by atoms with E-state index in [1.807, 2.05) is 0 Å². The molecule has 0 amide bonds. The molecule has 0 aliphatic heterocycles. The number of ether oxygens (including phenoxy) is 2. The number of allylic oxidation sites excluding steroid dienone is 2. The summed E-state index contributed by atoms with van der Waals surface area (Å²) in [5.74, 6) is -1.07. The van der Waals surface area contributed by atoms with Gasteiger partial charge in [0.15, 0.2) is 46.6 Å². The fourth-order valence-corrected chi connectivity index (χ4v) is 3.43. The smallest absolute Gasteiger partial charge is 0.320 e. The van der Waals surface area contributed by atoms with E-state index in [0.29, 0.717) is 42.0 Å². The Hall–Kier alpha value is -7.24. The van der Waals surface area contributed by atoms with Crippen LogP contribution in [0.15, 0.2) is 53.5 Å². The van der Waals surface area contributed by atoms with Crippen LogP contribution in [0.25, 0.3) is 12.2 Å². The van der Waals surface area contributed by atoms with Crippen LogP contribution < -0.4 is 26.7 Å². The minimum atomic E-state index is -1.55. The Kier molecular flexibility index (Phi) is 22.2. The standard InChI is InChI=1S/C21H20O6.C6H14N4O2.C3H5N3O9/c1-26-20-11-14(5-9-18(20)24)3-7-16(22)13-17(23)8-4-15-6-10-19(25)21(12-15)27-2;7-4(5(11)12)2-1-3-10-6(8)9;7-4(8)13-1-3(15-6(11)12)2-14-5(9)10/h3-12,24-25H,13H2,1-2H3;4H,1-3,7H2,(H,11,12)(H4,8,9,10);3H,1-2H2/t;4-;/m.0./s1. The molecule has 0 aromatic heterocycles. The first-order valence-electron chi connectivity index (χ1n) is 14.9. The Morgan fingerprint density at radius 1 is 0.815 bits per heavy atom. The lowest BCUT2D eigenvalue weighted by molar-refractivity contribution is -0.803. The summed E-state index contributed by atoms with van der Waals surface area (Å²) in [6.07, 6.45) is 4.85. The molecule has 0 radical (unpaired) electrons. The van der Waals surface area contributed by atoms with Crippen LogP contribution in [-0.4, -0.2) is 100 Å². The predicted octanol–water partition coefficient (Wildman–Crippen LogP) is 0.802. The number of methoxy groups -OCH3 is 2. The van der Waals surface area contributed by atoms with E-state index >= 15 is 0 Å². The average Bonchev–Trinajstić information content (AvgIpc) is 3.10. The minimum Gasteiger partial charge on any atom is -0.504 e. The van der Waals surface area contributed by atoms with Gasteiger partial charge in [0.05, 0.1) is 20.6 Å². The number of carbonyl (C=O) groups is 3. The van der Waals surface area contributed by atoms with Crippen molar-refractivity contribution in [2.24, 2.45) is 22.2 Å². The van der Waals surface area contributed by atoms with Gasteiger partial charge in [-0.1, -0.05) is 24.3 Å². The van der Waals surface area contributed by atoms with E-state index in [0.717, 1.165) is 0 Å². The number of carboxylic acids is 1. The van der Waals surface area contributed by atoms with Crippen molar-refractivity contribution in [3.05, 3.63) is 90.0 Å². The second kappa shape index (κ2) is 25.7. The summed E-state index contributed by atoms with van der Waals surface area (Å²) in [6, 6.07) is 8.52. The second-order valence-electron chi connectivity index (χ2n) is 10.0. The van der Waals surface area contributed by atoms with Crippen LogP contribution in [0, 0.1) is 30.3 Å². The Morgan fingerprint density at radius 3 is 1.61 bits per heavy atom. The molecule has 24 heteroatoms. The third kappa shape index (κ3) is 22.5. The lowest BCUT2D eigenvalue weighted by Crippen LogP contribution is -2.30. The summed E-state index contributed by atoms with van der Waals surface area (Å²) in [5, 5.41) is 53.0. The molecule has 0 saturated heterocycles. The third-order valence-corrected chi connectivity index (χ3v) is 5.93. The monoisotopic (exact) mass is 769 g/mol. The second-order valence-corrected chi connectivity index (χ2v) is 10.0. The molecule has 0 unspecified atom stereocenters. The normalized spacial score (nSPS) is 10.8. The number of aromatic hydroxyl groups is 2. The van der Waals surface area contributed by atoms with Gasteiger partial charge in [0.2, 0.25) is 0 Å². The quantitative estimate of drug-likeness (QED) is 0.0194. The molecule has 1 atom stereocenters. The number of guanidine groups is 1. The molecule has 296 valence electrons. The lowest BCUT2D eigenvalue weighted by Gasteiger charge is -2.11. The van der Waals surface area contributed by atoms with Crippen molar-refractivity contribution in [1.82, 2.24) is 0 Å². The van der Waals surface area contributed by atoms with E-state index < -0.39 is 46.6 Å². The van der Waals surface area contributed by atoms with E-state index in [4.69, 9.17) is 31.8 Å². The topological polar surface area (TPSA) is 378 Å². The third-order valence-electron chi connectivity index (χ3n) is 5.93. The minimum absolute atomic E-state index is 0.00662. The number of nitrogens with two attached hydrogens (primary N) is 3. The number of ketones is 2. The first-order chi connectivity index (χ1) is 25.4.